The molecule has 0 fully saturated rings. The molecule has 2 rings (SSSR count). The second kappa shape index (κ2) is 2.51. The first kappa shape index (κ1) is 7.66. The van der Waals surface area contributed by atoms with Crippen molar-refractivity contribution in [1.29, 1.82) is 0 Å². The maximum atomic E-state index is 9.38. The first-order valence-electron chi connectivity index (χ1n) is 3.62. The van der Waals surface area contributed by atoms with Crippen molar-refractivity contribution in [1.82, 2.24) is 15.0 Å². The molecule has 0 amide bonds. The largest absolute Gasteiger partial charge is 0.394 e. The van der Waals surface area contributed by atoms with Gasteiger partial charge in [-0.15, -0.1) is 5.10 Å². The SMILES string of the molecule is OC[C@H]1[C@@H](O)[C@@H](O)c2cnnn21. The lowest BCUT2D eigenvalue weighted by atomic mass is 10.1. The molecule has 0 bridgehead atoms. The quantitative estimate of drug-likeness (QED) is 0.464. The van der Waals surface area contributed by atoms with Crippen LogP contribution in [0, 0.1) is 0 Å². The van der Waals surface area contributed by atoms with Crippen LogP contribution in [0.5, 0.6) is 0 Å². The third-order valence-electron chi connectivity index (χ3n) is 2.12. The van der Waals surface area contributed by atoms with Gasteiger partial charge in [0.2, 0.25) is 0 Å². The Labute approximate surface area is 68.1 Å². The van der Waals surface area contributed by atoms with Crippen molar-refractivity contribution in [2.45, 2.75) is 18.2 Å². The molecule has 1 aromatic rings. The van der Waals surface area contributed by atoms with E-state index in [4.69, 9.17) is 5.11 Å². The minimum atomic E-state index is -0.989. The molecule has 0 saturated carbocycles. The highest BCUT2D eigenvalue weighted by atomic mass is 16.3. The molecule has 0 spiro atoms. The summed E-state index contributed by atoms with van der Waals surface area (Å²) in [5.74, 6) is 0. The summed E-state index contributed by atoms with van der Waals surface area (Å²) in [7, 11) is 0. The molecule has 66 valence electrons. The van der Waals surface area contributed by atoms with E-state index >= 15 is 0 Å². The molecule has 0 radical (unpaired) electrons. The van der Waals surface area contributed by atoms with Gasteiger partial charge >= 0.3 is 0 Å². The van der Waals surface area contributed by atoms with Crippen LogP contribution in [0.25, 0.3) is 0 Å². The fourth-order valence-electron chi connectivity index (χ4n) is 1.44. The van der Waals surface area contributed by atoms with Crippen LogP contribution in [0.2, 0.25) is 0 Å². The normalized spacial score (nSPS) is 33.8. The zero-order valence-electron chi connectivity index (χ0n) is 6.20. The van der Waals surface area contributed by atoms with Gasteiger partial charge in [-0.2, -0.15) is 0 Å². The van der Waals surface area contributed by atoms with Crippen molar-refractivity contribution >= 4 is 0 Å². The Bertz CT molecular complexity index is 287. The van der Waals surface area contributed by atoms with Gasteiger partial charge in [-0.25, -0.2) is 4.68 Å². The fraction of sp³-hybridized carbons (Fsp3) is 0.667. The van der Waals surface area contributed by atoms with Crippen LogP contribution in [0.4, 0.5) is 0 Å². The minimum Gasteiger partial charge on any atom is -0.394 e. The van der Waals surface area contributed by atoms with E-state index in [0.29, 0.717) is 5.69 Å². The van der Waals surface area contributed by atoms with E-state index in [1.165, 1.54) is 10.9 Å². The van der Waals surface area contributed by atoms with E-state index in [-0.39, 0.29) is 6.61 Å². The lowest BCUT2D eigenvalue weighted by molar-refractivity contribution is -0.00297. The van der Waals surface area contributed by atoms with E-state index in [9.17, 15) is 10.2 Å². The maximum absolute atomic E-state index is 9.38. The molecule has 0 aromatic carbocycles. The average molecular weight is 171 g/mol. The zero-order chi connectivity index (χ0) is 8.72. The van der Waals surface area contributed by atoms with Gasteiger partial charge in [0.1, 0.15) is 18.2 Å². The summed E-state index contributed by atoms with van der Waals surface area (Å²) < 4.78 is 1.34. The lowest BCUT2D eigenvalue weighted by Crippen LogP contribution is -2.24. The number of hydrogen-bond acceptors (Lipinski definition) is 5. The Morgan fingerprint density at radius 3 is 2.92 bits per heavy atom. The summed E-state index contributed by atoms with van der Waals surface area (Å²) in [6.45, 7) is -0.255. The smallest absolute Gasteiger partial charge is 0.125 e. The van der Waals surface area contributed by atoms with E-state index in [0.717, 1.165) is 0 Å². The number of aliphatic hydroxyl groups excluding tert-OH is 3. The second-order valence-electron chi connectivity index (χ2n) is 2.79. The third-order valence-corrected chi connectivity index (χ3v) is 2.12. The fourth-order valence-corrected chi connectivity index (χ4v) is 1.44. The molecule has 0 saturated heterocycles. The summed E-state index contributed by atoms with van der Waals surface area (Å²) in [5, 5.41) is 34.8. The molecule has 1 aliphatic rings. The lowest BCUT2D eigenvalue weighted by Gasteiger charge is -2.13. The van der Waals surface area contributed by atoms with Crippen LogP contribution in [0.3, 0.4) is 0 Å². The summed E-state index contributed by atoms with van der Waals surface area (Å²) in [4.78, 5) is 0. The van der Waals surface area contributed by atoms with Gasteiger partial charge < -0.3 is 15.3 Å². The highest BCUT2D eigenvalue weighted by Gasteiger charge is 2.39. The maximum Gasteiger partial charge on any atom is 0.125 e. The van der Waals surface area contributed by atoms with Gasteiger partial charge in [0.25, 0.3) is 0 Å². The van der Waals surface area contributed by atoms with Crippen molar-refractivity contribution in [3.05, 3.63) is 11.9 Å². The second-order valence-corrected chi connectivity index (χ2v) is 2.79. The van der Waals surface area contributed by atoms with Crippen molar-refractivity contribution in [2.24, 2.45) is 0 Å². The van der Waals surface area contributed by atoms with Crippen LogP contribution in [0.1, 0.15) is 17.8 Å². The highest BCUT2D eigenvalue weighted by molar-refractivity contribution is 5.10. The predicted octanol–water partition coefficient (Wildman–Crippen LogP) is -1.78. The highest BCUT2D eigenvalue weighted by Crippen LogP contribution is 2.32. The first-order valence-corrected chi connectivity index (χ1v) is 3.62. The first-order chi connectivity index (χ1) is 5.75. The van der Waals surface area contributed by atoms with E-state index in [1.54, 1.807) is 0 Å². The Hall–Kier alpha value is -0.980. The molecule has 3 atom stereocenters. The van der Waals surface area contributed by atoms with Gasteiger partial charge in [-0.1, -0.05) is 5.21 Å². The monoisotopic (exact) mass is 171 g/mol. The molecular formula is C6H9N3O3. The molecule has 2 heterocycles. The summed E-state index contributed by atoms with van der Waals surface area (Å²) in [6.07, 6.45) is -0.596. The van der Waals surface area contributed by atoms with Gasteiger partial charge in [0.05, 0.1) is 18.5 Å². The Morgan fingerprint density at radius 1 is 1.50 bits per heavy atom. The molecular weight excluding hydrogens is 162 g/mol. The minimum absolute atomic E-state index is 0.255. The summed E-state index contributed by atoms with van der Waals surface area (Å²) in [6, 6.07) is -0.572. The number of aliphatic hydroxyl groups is 3. The van der Waals surface area contributed by atoms with Crippen LogP contribution in [-0.2, 0) is 0 Å². The van der Waals surface area contributed by atoms with Gasteiger partial charge in [0.15, 0.2) is 0 Å². The summed E-state index contributed by atoms with van der Waals surface area (Å²) >= 11 is 0. The van der Waals surface area contributed by atoms with Crippen LogP contribution in [-0.4, -0.2) is 43.0 Å². The Kier molecular flexibility index (Phi) is 1.60. The Morgan fingerprint density at radius 2 is 2.25 bits per heavy atom. The molecule has 6 heteroatoms. The number of aromatic nitrogens is 3. The number of nitrogens with zero attached hydrogens (tertiary/aromatic N) is 3. The molecule has 12 heavy (non-hydrogen) atoms. The molecule has 1 aliphatic heterocycles. The van der Waals surface area contributed by atoms with Crippen LogP contribution in [0.15, 0.2) is 6.20 Å². The van der Waals surface area contributed by atoms with Crippen LogP contribution < -0.4 is 0 Å². The molecule has 1 aromatic heterocycles. The Balaban J connectivity index is 2.42. The molecule has 3 N–H and O–H groups in total. The number of hydrogen-bond donors (Lipinski definition) is 3. The van der Waals surface area contributed by atoms with Crippen molar-refractivity contribution in [3.8, 4) is 0 Å². The predicted molar refractivity (Wildman–Crippen MR) is 37.1 cm³/mol. The topological polar surface area (TPSA) is 91.4 Å². The van der Waals surface area contributed by atoms with E-state index in [2.05, 4.69) is 10.3 Å². The molecule has 6 nitrogen and oxygen atoms in total. The summed E-state index contributed by atoms with van der Waals surface area (Å²) in [5.41, 5.74) is 0.446. The zero-order valence-corrected chi connectivity index (χ0v) is 6.20. The third kappa shape index (κ3) is 0.795. The van der Waals surface area contributed by atoms with Gasteiger partial charge in [-0.3, -0.25) is 0 Å². The average Bonchev–Trinajstić information content (AvgIpc) is 2.59. The standard InChI is InChI=1S/C6H9N3O3/c10-2-4-6(12)5(11)3-1-7-8-9(3)4/h1,4-6,10-12H,2H2/t4-,5-,6+/m0/s1. The van der Waals surface area contributed by atoms with Crippen LogP contribution >= 0.6 is 0 Å². The molecule has 0 aliphatic carbocycles. The van der Waals surface area contributed by atoms with Crippen molar-refractivity contribution < 1.29 is 15.3 Å². The van der Waals surface area contributed by atoms with Crippen molar-refractivity contribution in [3.63, 3.8) is 0 Å². The molecule has 0 unspecified atom stereocenters. The van der Waals surface area contributed by atoms with E-state index in [1.807, 2.05) is 0 Å². The van der Waals surface area contributed by atoms with Crippen molar-refractivity contribution in [2.75, 3.05) is 6.61 Å². The van der Waals surface area contributed by atoms with E-state index < -0.39 is 18.2 Å². The number of rotatable bonds is 1. The van der Waals surface area contributed by atoms with Gasteiger partial charge in [-0.05, 0) is 0 Å². The van der Waals surface area contributed by atoms with Gasteiger partial charge in [0, 0.05) is 0 Å². The number of fused-ring (bicyclic) bond motifs is 1.